The van der Waals surface area contributed by atoms with Gasteiger partial charge in [-0.15, -0.1) is 0 Å². The summed E-state index contributed by atoms with van der Waals surface area (Å²) in [6, 6.07) is 16.6. The van der Waals surface area contributed by atoms with E-state index in [1.54, 1.807) is 7.05 Å². The van der Waals surface area contributed by atoms with Crippen LogP contribution in [0.3, 0.4) is 0 Å². The molecule has 136 valence electrons. The Balaban J connectivity index is 1.51. The number of carbonyl (C=O) groups is 1. The summed E-state index contributed by atoms with van der Waals surface area (Å²) in [5.41, 5.74) is 4.62. The van der Waals surface area contributed by atoms with Crippen molar-refractivity contribution in [2.24, 2.45) is 4.99 Å². The summed E-state index contributed by atoms with van der Waals surface area (Å²) in [5, 5.41) is 6.66. The zero-order chi connectivity index (χ0) is 18.4. The van der Waals surface area contributed by atoms with E-state index in [1.165, 1.54) is 11.1 Å². The van der Waals surface area contributed by atoms with E-state index in [4.69, 9.17) is 0 Å². The molecule has 1 aliphatic rings. The Morgan fingerprint density at radius 2 is 1.81 bits per heavy atom. The van der Waals surface area contributed by atoms with Gasteiger partial charge in [0.05, 0.1) is 0 Å². The third kappa shape index (κ3) is 4.63. The third-order valence-electron chi connectivity index (χ3n) is 4.55. The molecule has 2 aromatic carbocycles. The molecule has 0 aliphatic carbocycles. The topological polar surface area (TPSA) is 56.7 Å². The highest BCUT2D eigenvalue weighted by atomic mass is 16.2. The van der Waals surface area contributed by atoms with Gasteiger partial charge in [0.15, 0.2) is 5.96 Å². The molecule has 0 aromatic heterocycles. The van der Waals surface area contributed by atoms with Crippen molar-refractivity contribution in [3.63, 3.8) is 0 Å². The highest BCUT2D eigenvalue weighted by Gasteiger charge is 2.21. The van der Waals surface area contributed by atoms with Crippen molar-refractivity contribution < 1.29 is 4.79 Å². The Morgan fingerprint density at radius 1 is 1.08 bits per heavy atom. The van der Waals surface area contributed by atoms with Crippen molar-refractivity contribution in [2.75, 3.05) is 18.5 Å². The fraction of sp³-hybridized carbons (Fsp3) is 0.333. The maximum absolute atomic E-state index is 11.8. The molecule has 0 radical (unpaired) electrons. The van der Waals surface area contributed by atoms with Gasteiger partial charge in [-0.3, -0.25) is 9.79 Å². The summed E-state index contributed by atoms with van der Waals surface area (Å²) < 4.78 is 0. The van der Waals surface area contributed by atoms with Crippen LogP contribution in [0.25, 0.3) is 0 Å². The second-order valence-corrected chi connectivity index (χ2v) is 6.58. The number of carbonyl (C=O) groups excluding carboxylic acids is 1. The average Bonchev–Trinajstić information content (AvgIpc) is 3.08. The van der Waals surface area contributed by atoms with E-state index in [-0.39, 0.29) is 5.91 Å². The summed E-state index contributed by atoms with van der Waals surface area (Å²) in [6.45, 7) is 4.33. The van der Waals surface area contributed by atoms with Crippen molar-refractivity contribution >= 4 is 17.6 Å². The van der Waals surface area contributed by atoms with E-state index in [1.807, 2.05) is 17.0 Å². The van der Waals surface area contributed by atoms with Crippen LogP contribution in [0.2, 0.25) is 0 Å². The number of guanidine groups is 1. The molecule has 5 nitrogen and oxygen atoms in total. The Kier molecular flexibility index (Phi) is 5.89. The third-order valence-corrected chi connectivity index (χ3v) is 4.55. The molecular formula is C21H26N4O. The number of nitrogens with zero attached hydrogens (tertiary/aromatic N) is 2. The zero-order valence-corrected chi connectivity index (χ0v) is 15.5. The molecule has 26 heavy (non-hydrogen) atoms. The first-order valence-corrected chi connectivity index (χ1v) is 9.05. The molecule has 0 atom stereocenters. The number of aliphatic imine (C=N–C) groups is 1. The van der Waals surface area contributed by atoms with Gasteiger partial charge >= 0.3 is 0 Å². The van der Waals surface area contributed by atoms with Gasteiger partial charge in [-0.05, 0) is 36.6 Å². The highest BCUT2D eigenvalue weighted by molar-refractivity contribution is 5.95. The number of nitrogens with one attached hydrogen (secondary N) is 2. The standard InChI is InChI=1S/C21H26N4O/c1-16-5-3-6-18(13-16)15-24-21(22-2)23-14-17-8-10-19(11-9-17)25-12-4-7-20(25)26/h3,5-6,8-11,13H,4,7,12,14-15H2,1-2H3,(H2,22,23,24). The molecule has 1 heterocycles. The van der Waals surface area contributed by atoms with Crippen LogP contribution in [0.15, 0.2) is 53.5 Å². The predicted molar refractivity (Wildman–Crippen MR) is 106 cm³/mol. The zero-order valence-electron chi connectivity index (χ0n) is 15.5. The lowest BCUT2D eigenvalue weighted by atomic mass is 10.1. The molecule has 1 aliphatic heterocycles. The number of hydrogen-bond donors (Lipinski definition) is 2. The Hall–Kier alpha value is -2.82. The maximum Gasteiger partial charge on any atom is 0.227 e. The van der Waals surface area contributed by atoms with Gasteiger partial charge < -0.3 is 15.5 Å². The minimum atomic E-state index is 0.219. The maximum atomic E-state index is 11.8. The van der Waals surface area contributed by atoms with Crippen molar-refractivity contribution in [2.45, 2.75) is 32.9 Å². The summed E-state index contributed by atoms with van der Waals surface area (Å²) in [6.07, 6.45) is 1.61. The second kappa shape index (κ2) is 8.52. The van der Waals surface area contributed by atoms with Crippen LogP contribution in [0.4, 0.5) is 5.69 Å². The number of amides is 1. The first-order chi connectivity index (χ1) is 12.7. The van der Waals surface area contributed by atoms with Gasteiger partial charge in [0.25, 0.3) is 0 Å². The largest absolute Gasteiger partial charge is 0.352 e. The Labute approximate surface area is 155 Å². The number of rotatable bonds is 5. The second-order valence-electron chi connectivity index (χ2n) is 6.58. The number of hydrogen-bond acceptors (Lipinski definition) is 2. The lowest BCUT2D eigenvalue weighted by molar-refractivity contribution is -0.117. The quantitative estimate of drug-likeness (QED) is 0.644. The fourth-order valence-corrected chi connectivity index (χ4v) is 3.13. The molecule has 2 N–H and O–H groups in total. The fourth-order valence-electron chi connectivity index (χ4n) is 3.13. The molecule has 5 heteroatoms. The van der Waals surface area contributed by atoms with Gasteiger partial charge in [0.2, 0.25) is 5.91 Å². The lowest BCUT2D eigenvalue weighted by Gasteiger charge is -2.16. The van der Waals surface area contributed by atoms with Crippen molar-refractivity contribution in [1.29, 1.82) is 0 Å². The number of benzene rings is 2. The van der Waals surface area contributed by atoms with Crippen LogP contribution < -0.4 is 15.5 Å². The molecule has 1 amide bonds. The van der Waals surface area contributed by atoms with E-state index in [9.17, 15) is 4.79 Å². The first-order valence-electron chi connectivity index (χ1n) is 9.05. The molecule has 0 unspecified atom stereocenters. The van der Waals surface area contributed by atoms with E-state index >= 15 is 0 Å². The van der Waals surface area contributed by atoms with Crippen LogP contribution in [-0.4, -0.2) is 25.5 Å². The summed E-state index contributed by atoms with van der Waals surface area (Å²) in [4.78, 5) is 17.9. The molecule has 0 spiro atoms. The van der Waals surface area contributed by atoms with Gasteiger partial charge in [-0.1, -0.05) is 42.0 Å². The SMILES string of the molecule is CN=C(NCc1ccc(N2CCCC2=O)cc1)NCc1cccc(C)c1. The monoisotopic (exact) mass is 350 g/mol. The smallest absolute Gasteiger partial charge is 0.227 e. The normalized spacial score (nSPS) is 14.6. The van der Waals surface area contributed by atoms with Gasteiger partial charge in [0, 0.05) is 38.8 Å². The van der Waals surface area contributed by atoms with Crippen LogP contribution >= 0.6 is 0 Å². The van der Waals surface area contributed by atoms with Crippen LogP contribution in [0.1, 0.15) is 29.5 Å². The minimum Gasteiger partial charge on any atom is -0.352 e. The molecule has 1 fully saturated rings. The molecule has 1 saturated heterocycles. The van der Waals surface area contributed by atoms with Gasteiger partial charge in [-0.25, -0.2) is 0 Å². The van der Waals surface area contributed by atoms with E-state index in [0.717, 1.165) is 36.7 Å². The number of anilines is 1. The summed E-state index contributed by atoms with van der Waals surface area (Å²) in [5.74, 6) is 0.988. The summed E-state index contributed by atoms with van der Waals surface area (Å²) in [7, 11) is 1.77. The van der Waals surface area contributed by atoms with E-state index < -0.39 is 0 Å². The lowest BCUT2D eigenvalue weighted by Crippen LogP contribution is -2.36. The highest BCUT2D eigenvalue weighted by Crippen LogP contribution is 2.21. The van der Waals surface area contributed by atoms with Gasteiger partial charge in [0.1, 0.15) is 0 Å². The first kappa shape index (κ1) is 18.0. The van der Waals surface area contributed by atoms with Crippen molar-refractivity contribution in [3.05, 3.63) is 65.2 Å². The van der Waals surface area contributed by atoms with Crippen LogP contribution in [0, 0.1) is 6.92 Å². The Bertz CT molecular complexity index is 783. The van der Waals surface area contributed by atoms with E-state index in [0.29, 0.717) is 13.0 Å². The predicted octanol–water partition coefficient (Wildman–Crippen LogP) is 2.99. The van der Waals surface area contributed by atoms with Crippen molar-refractivity contribution in [1.82, 2.24) is 10.6 Å². The van der Waals surface area contributed by atoms with E-state index in [2.05, 4.69) is 58.9 Å². The van der Waals surface area contributed by atoms with Crippen molar-refractivity contribution in [3.8, 4) is 0 Å². The number of aryl methyl sites for hydroxylation is 1. The molecule has 0 bridgehead atoms. The van der Waals surface area contributed by atoms with Crippen LogP contribution in [0.5, 0.6) is 0 Å². The molecular weight excluding hydrogens is 324 g/mol. The van der Waals surface area contributed by atoms with Crippen LogP contribution in [-0.2, 0) is 17.9 Å². The molecule has 3 rings (SSSR count). The summed E-state index contributed by atoms with van der Waals surface area (Å²) >= 11 is 0. The Morgan fingerprint density at radius 3 is 2.42 bits per heavy atom. The minimum absolute atomic E-state index is 0.219. The molecule has 2 aromatic rings. The average molecular weight is 350 g/mol. The molecule has 0 saturated carbocycles. The van der Waals surface area contributed by atoms with Gasteiger partial charge in [-0.2, -0.15) is 0 Å².